The highest BCUT2D eigenvalue weighted by Gasteiger charge is 2.19. The number of aryl methyl sites for hydroxylation is 2. The largest absolute Gasteiger partial charge is 0.497 e. The number of carbonyl (C=O) groups is 1. The van der Waals surface area contributed by atoms with Crippen molar-refractivity contribution in [1.82, 2.24) is 14.8 Å². The summed E-state index contributed by atoms with van der Waals surface area (Å²) in [6.07, 6.45) is 1.02. The van der Waals surface area contributed by atoms with E-state index >= 15 is 0 Å². The van der Waals surface area contributed by atoms with Crippen LogP contribution in [0.2, 0.25) is 0 Å². The molecule has 2 heterocycles. The fourth-order valence-electron chi connectivity index (χ4n) is 3.22. The topological polar surface area (TPSA) is 70.8 Å². The predicted molar refractivity (Wildman–Crippen MR) is 104 cm³/mol. The number of carbonyl (C=O) groups excluding carboxylic acids is 1. The Morgan fingerprint density at radius 2 is 1.85 bits per heavy atom. The van der Waals surface area contributed by atoms with Crippen molar-refractivity contribution in [3.63, 3.8) is 0 Å². The van der Waals surface area contributed by atoms with Crippen LogP contribution in [0.5, 0.6) is 5.75 Å². The molecular formula is C20H28N4O3. The number of hydrogen-bond acceptors (Lipinski definition) is 6. The Hall–Kier alpha value is -2.38. The zero-order chi connectivity index (χ0) is 19.2. The molecule has 1 N–H and O–H groups in total. The van der Waals surface area contributed by atoms with Crippen molar-refractivity contribution in [2.24, 2.45) is 0 Å². The van der Waals surface area contributed by atoms with Crippen LogP contribution in [0.15, 0.2) is 28.7 Å². The van der Waals surface area contributed by atoms with Gasteiger partial charge in [-0.05, 0) is 57.6 Å². The SMILES string of the molecule is COc1ccc(NC(=O)CN2CCCN(Cc3nc(C)c(C)o3)CC2)cc1. The molecule has 1 aliphatic heterocycles. The van der Waals surface area contributed by atoms with E-state index in [4.69, 9.17) is 9.15 Å². The molecule has 1 aliphatic rings. The first-order valence-corrected chi connectivity index (χ1v) is 9.35. The fourth-order valence-corrected chi connectivity index (χ4v) is 3.22. The van der Waals surface area contributed by atoms with Crippen molar-refractivity contribution < 1.29 is 13.9 Å². The third kappa shape index (κ3) is 5.55. The monoisotopic (exact) mass is 372 g/mol. The number of oxazole rings is 1. The molecule has 0 unspecified atom stereocenters. The van der Waals surface area contributed by atoms with Crippen LogP contribution in [0.25, 0.3) is 0 Å². The molecular weight excluding hydrogens is 344 g/mol. The molecule has 7 nitrogen and oxygen atoms in total. The van der Waals surface area contributed by atoms with Gasteiger partial charge in [0.1, 0.15) is 11.5 Å². The van der Waals surface area contributed by atoms with Crippen molar-refractivity contribution >= 4 is 11.6 Å². The Kier molecular flexibility index (Phi) is 6.47. The zero-order valence-electron chi connectivity index (χ0n) is 16.3. The Morgan fingerprint density at radius 1 is 1.15 bits per heavy atom. The first-order valence-electron chi connectivity index (χ1n) is 9.35. The van der Waals surface area contributed by atoms with Crippen molar-refractivity contribution in [3.05, 3.63) is 41.6 Å². The van der Waals surface area contributed by atoms with Gasteiger partial charge in [-0.2, -0.15) is 0 Å². The lowest BCUT2D eigenvalue weighted by Crippen LogP contribution is -2.36. The second-order valence-electron chi connectivity index (χ2n) is 6.93. The molecule has 1 fully saturated rings. The van der Waals surface area contributed by atoms with Gasteiger partial charge in [0.15, 0.2) is 0 Å². The van der Waals surface area contributed by atoms with E-state index in [1.165, 1.54) is 0 Å². The molecule has 7 heteroatoms. The lowest BCUT2D eigenvalue weighted by Gasteiger charge is -2.20. The van der Waals surface area contributed by atoms with Crippen LogP contribution in [0, 0.1) is 13.8 Å². The minimum absolute atomic E-state index is 0.00701. The van der Waals surface area contributed by atoms with Gasteiger partial charge in [0.2, 0.25) is 11.8 Å². The number of anilines is 1. The third-order valence-electron chi connectivity index (χ3n) is 4.85. The summed E-state index contributed by atoms with van der Waals surface area (Å²) >= 11 is 0. The van der Waals surface area contributed by atoms with Crippen molar-refractivity contribution in [3.8, 4) is 5.75 Å². The summed E-state index contributed by atoms with van der Waals surface area (Å²) in [5.74, 6) is 2.44. The highest BCUT2D eigenvalue weighted by Crippen LogP contribution is 2.15. The number of rotatable bonds is 6. The normalized spacial score (nSPS) is 16.1. The Balaban J connectivity index is 1.46. The van der Waals surface area contributed by atoms with Crippen molar-refractivity contribution in [1.29, 1.82) is 0 Å². The standard InChI is InChI=1S/C20H28N4O3/c1-15-16(2)27-20(21-15)14-24-10-4-9-23(11-12-24)13-19(25)22-17-5-7-18(26-3)8-6-17/h5-8H,4,9-14H2,1-3H3,(H,22,25). The van der Waals surface area contributed by atoms with E-state index in [1.807, 2.05) is 38.1 Å². The van der Waals surface area contributed by atoms with Crippen LogP contribution < -0.4 is 10.1 Å². The van der Waals surface area contributed by atoms with E-state index in [-0.39, 0.29) is 5.91 Å². The second kappa shape index (κ2) is 9.01. The van der Waals surface area contributed by atoms with E-state index in [0.717, 1.165) is 67.9 Å². The minimum atomic E-state index is 0.00701. The van der Waals surface area contributed by atoms with Crippen molar-refractivity contribution in [2.75, 3.05) is 45.2 Å². The molecule has 0 atom stereocenters. The highest BCUT2D eigenvalue weighted by molar-refractivity contribution is 5.92. The molecule has 0 aliphatic carbocycles. The summed E-state index contributed by atoms with van der Waals surface area (Å²) in [5.41, 5.74) is 1.74. The Labute approximate surface area is 160 Å². The van der Waals surface area contributed by atoms with Crippen LogP contribution >= 0.6 is 0 Å². The highest BCUT2D eigenvalue weighted by atomic mass is 16.5. The summed E-state index contributed by atoms with van der Waals surface area (Å²) in [6.45, 7) is 8.68. The number of nitrogens with one attached hydrogen (secondary N) is 1. The summed E-state index contributed by atoms with van der Waals surface area (Å²) in [5, 5.41) is 2.95. The summed E-state index contributed by atoms with van der Waals surface area (Å²) in [4.78, 5) is 21.3. The molecule has 27 heavy (non-hydrogen) atoms. The molecule has 1 amide bonds. The van der Waals surface area contributed by atoms with E-state index in [9.17, 15) is 4.79 Å². The molecule has 1 aromatic heterocycles. The van der Waals surface area contributed by atoms with E-state index in [2.05, 4.69) is 20.1 Å². The molecule has 3 rings (SSSR count). The van der Waals surface area contributed by atoms with Gasteiger partial charge in [-0.15, -0.1) is 0 Å². The van der Waals surface area contributed by atoms with Gasteiger partial charge in [0.05, 0.1) is 25.9 Å². The van der Waals surface area contributed by atoms with Crippen LogP contribution in [-0.4, -0.2) is 60.5 Å². The summed E-state index contributed by atoms with van der Waals surface area (Å²) < 4.78 is 10.8. The Morgan fingerprint density at radius 3 is 2.52 bits per heavy atom. The number of benzene rings is 1. The van der Waals surface area contributed by atoms with Gasteiger partial charge in [-0.1, -0.05) is 0 Å². The van der Waals surface area contributed by atoms with Crippen LogP contribution in [0.4, 0.5) is 5.69 Å². The molecule has 1 aromatic carbocycles. The molecule has 0 spiro atoms. The predicted octanol–water partition coefficient (Wildman–Crippen LogP) is 2.45. The fraction of sp³-hybridized carbons (Fsp3) is 0.500. The maximum absolute atomic E-state index is 12.3. The molecule has 2 aromatic rings. The maximum Gasteiger partial charge on any atom is 0.238 e. The van der Waals surface area contributed by atoms with Gasteiger partial charge in [0, 0.05) is 18.8 Å². The van der Waals surface area contributed by atoms with E-state index in [1.54, 1.807) is 7.11 Å². The summed E-state index contributed by atoms with van der Waals surface area (Å²) in [7, 11) is 1.63. The lowest BCUT2D eigenvalue weighted by atomic mass is 10.3. The first kappa shape index (κ1) is 19.4. The average molecular weight is 372 g/mol. The molecule has 1 saturated heterocycles. The third-order valence-corrected chi connectivity index (χ3v) is 4.85. The van der Waals surface area contributed by atoms with E-state index < -0.39 is 0 Å². The number of methoxy groups -OCH3 is 1. The van der Waals surface area contributed by atoms with Crippen LogP contribution in [0.1, 0.15) is 23.8 Å². The smallest absolute Gasteiger partial charge is 0.238 e. The van der Waals surface area contributed by atoms with Gasteiger partial charge in [-0.25, -0.2) is 4.98 Å². The molecule has 146 valence electrons. The van der Waals surface area contributed by atoms with E-state index in [0.29, 0.717) is 6.54 Å². The minimum Gasteiger partial charge on any atom is -0.497 e. The number of amides is 1. The van der Waals surface area contributed by atoms with Crippen molar-refractivity contribution in [2.45, 2.75) is 26.8 Å². The molecule has 0 bridgehead atoms. The molecule has 0 radical (unpaired) electrons. The molecule has 0 saturated carbocycles. The van der Waals surface area contributed by atoms with Gasteiger partial charge in [0.25, 0.3) is 0 Å². The number of hydrogen-bond donors (Lipinski definition) is 1. The Bertz CT molecular complexity index is 738. The zero-order valence-corrected chi connectivity index (χ0v) is 16.3. The number of ether oxygens (including phenoxy) is 1. The van der Waals surface area contributed by atoms with Crippen LogP contribution in [0.3, 0.4) is 0 Å². The lowest BCUT2D eigenvalue weighted by molar-refractivity contribution is -0.117. The first-order chi connectivity index (χ1) is 13.0. The maximum atomic E-state index is 12.3. The quantitative estimate of drug-likeness (QED) is 0.840. The average Bonchev–Trinajstić information content (AvgIpc) is 2.82. The summed E-state index contributed by atoms with van der Waals surface area (Å²) in [6, 6.07) is 7.37. The van der Waals surface area contributed by atoms with Gasteiger partial charge < -0.3 is 14.5 Å². The number of aromatic nitrogens is 1. The number of nitrogens with zero attached hydrogens (tertiary/aromatic N) is 3. The van der Waals surface area contributed by atoms with Crippen LogP contribution in [-0.2, 0) is 11.3 Å². The second-order valence-corrected chi connectivity index (χ2v) is 6.93. The van der Waals surface area contributed by atoms with Gasteiger partial charge >= 0.3 is 0 Å². The van der Waals surface area contributed by atoms with Gasteiger partial charge in [-0.3, -0.25) is 14.6 Å².